The minimum Gasteiger partial charge on any atom is -0.444 e. The molecule has 0 aromatic heterocycles. The smallest absolute Gasteiger partial charge is 0.407 e. The zero-order valence-corrected chi connectivity index (χ0v) is 11.9. The van der Waals surface area contributed by atoms with E-state index in [-0.39, 0.29) is 6.09 Å². The van der Waals surface area contributed by atoms with Gasteiger partial charge in [-0.2, -0.15) is 0 Å². The fourth-order valence-electron chi connectivity index (χ4n) is 1.81. The third-order valence-electron chi connectivity index (χ3n) is 2.87. The van der Waals surface area contributed by atoms with E-state index in [2.05, 4.69) is 17.2 Å². The molecule has 1 amide bonds. The Labute approximate surface area is 99.1 Å². The molecule has 5 heteroatoms. The van der Waals surface area contributed by atoms with E-state index < -0.39 is 13.7 Å². The topological polar surface area (TPSA) is 50.4 Å². The molecule has 0 spiro atoms. The summed E-state index contributed by atoms with van der Waals surface area (Å²) in [5.41, 5.74) is -0.402. The van der Waals surface area contributed by atoms with Gasteiger partial charge in [-0.25, -0.2) is 4.79 Å². The zero-order valence-electron chi connectivity index (χ0n) is 10.9. The third kappa shape index (κ3) is 4.98. The van der Waals surface area contributed by atoms with Crippen molar-refractivity contribution < 1.29 is 9.53 Å². The number of hydrogen-bond acceptors (Lipinski definition) is 3. The average Bonchev–Trinajstić information content (AvgIpc) is 2.14. The lowest BCUT2D eigenvalue weighted by Gasteiger charge is -2.32. The second kappa shape index (κ2) is 5.18. The number of carbonyl (C=O) groups is 1. The normalized spacial score (nSPS) is 20.2. The lowest BCUT2D eigenvalue weighted by Crippen LogP contribution is -2.51. The first-order valence-electron chi connectivity index (χ1n) is 5.98. The van der Waals surface area contributed by atoms with Gasteiger partial charge >= 0.3 is 6.09 Å². The van der Waals surface area contributed by atoms with Crippen LogP contribution in [0.25, 0.3) is 0 Å². The van der Waals surface area contributed by atoms with Crippen LogP contribution >= 0.6 is 0 Å². The molecule has 0 radical (unpaired) electrons. The fraction of sp³-hybridized carbons (Fsp3) is 0.909. The van der Waals surface area contributed by atoms with Crippen LogP contribution in [-0.2, 0) is 4.74 Å². The summed E-state index contributed by atoms with van der Waals surface area (Å²) in [6, 6.07) is 2.48. The summed E-state index contributed by atoms with van der Waals surface area (Å²) in [5, 5.41) is 6.28. The maximum absolute atomic E-state index is 11.5. The molecule has 4 nitrogen and oxygen atoms in total. The first kappa shape index (κ1) is 13.5. The highest BCUT2D eigenvalue weighted by Gasteiger charge is 2.30. The molecular weight excluding hydrogens is 220 g/mol. The summed E-state index contributed by atoms with van der Waals surface area (Å²) >= 11 is 0. The number of hydrogen-bond donors (Lipinski definition) is 2. The molecule has 0 aromatic carbocycles. The van der Waals surface area contributed by atoms with E-state index >= 15 is 0 Å². The Morgan fingerprint density at radius 1 is 1.38 bits per heavy atom. The van der Waals surface area contributed by atoms with E-state index in [9.17, 15) is 4.79 Å². The van der Waals surface area contributed by atoms with Crippen LogP contribution in [0, 0.1) is 0 Å². The van der Waals surface area contributed by atoms with Gasteiger partial charge in [0.25, 0.3) is 0 Å². The summed E-state index contributed by atoms with van der Waals surface area (Å²) in [6.07, 6.45) is 0.559. The highest BCUT2D eigenvalue weighted by atomic mass is 28.3. The van der Waals surface area contributed by atoms with Crippen molar-refractivity contribution in [2.75, 3.05) is 19.3 Å². The molecule has 1 aliphatic rings. The Morgan fingerprint density at radius 2 is 1.94 bits per heavy atom. The molecule has 2 N–H and O–H groups in total. The molecular formula is C11H24N2O2Si. The largest absolute Gasteiger partial charge is 0.444 e. The van der Waals surface area contributed by atoms with Gasteiger partial charge in [-0.3, -0.25) is 0 Å². The van der Waals surface area contributed by atoms with Gasteiger partial charge in [-0.1, -0.05) is 6.55 Å². The Balaban J connectivity index is 2.30. The fourth-order valence-corrected chi connectivity index (χ4v) is 4.54. The minimum absolute atomic E-state index is 0.278. The van der Waals surface area contributed by atoms with Crippen LogP contribution in [0.5, 0.6) is 0 Å². The van der Waals surface area contributed by atoms with E-state index in [0.717, 1.165) is 19.3 Å². The van der Waals surface area contributed by atoms with E-state index in [0.29, 0.717) is 0 Å². The van der Waals surface area contributed by atoms with Gasteiger partial charge in [-0.15, -0.1) is 0 Å². The number of alkyl carbamates (subject to hydrolysis) is 1. The highest BCUT2D eigenvalue weighted by molar-refractivity contribution is 6.79. The molecule has 1 heterocycles. The van der Waals surface area contributed by atoms with E-state index in [1.54, 1.807) is 0 Å². The molecule has 0 bridgehead atoms. The van der Waals surface area contributed by atoms with Gasteiger partial charge < -0.3 is 15.4 Å². The first-order chi connectivity index (χ1) is 7.31. The lowest BCUT2D eigenvalue weighted by atomic mass is 10.2. The molecule has 0 aliphatic carbocycles. The van der Waals surface area contributed by atoms with Crippen molar-refractivity contribution in [1.82, 2.24) is 10.6 Å². The van der Waals surface area contributed by atoms with Gasteiger partial charge in [-0.05, 0) is 45.9 Å². The number of nitrogens with one attached hydrogen (secondary N) is 2. The Bertz CT molecular complexity index is 245. The predicted octanol–water partition coefficient (Wildman–Crippen LogP) is 1.73. The van der Waals surface area contributed by atoms with Crippen molar-refractivity contribution in [3.63, 3.8) is 0 Å². The van der Waals surface area contributed by atoms with Crippen molar-refractivity contribution in [3.8, 4) is 0 Å². The van der Waals surface area contributed by atoms with Crippen LogP contribution in [0.4, 0.5) is 4.79 Å². The summed E-state index contributed by atoms with van der Waals surface area (Å²) in [7, 11) is -1.25. The molecule has 0 atom stereocenters. The standard InChI is InChI=1S/C11H24N2O2Si/c1-11(2,3)15-10(14)13-9-16(4)7-5-12-6-8-16/h12H,5-9H2,1-4H3,(H,13,14). The van der Waals surface area contributed by atoms with E-state index in [1.807, 2.05) is 20.8 Å². The van der Waals surface area contributed by atoms with Crippen LogP contribution in [0.1, 0.15) is 20.8 Å². The summed E-state index contributed by atoms with van der Waals surface area (Å²) in [5.74, 6) is 0. The number of ether oxygens (including phenoxy) is 1. The summed E-state index contributed by atoms with van der Waals surface area (Å²) < 4.78 is 5.23. The molecule has 1 rings (SSSR count). The lowest BCUT2D eigenvalue weighted by molar-refractivity contribution is 0.0536. The minimum atomic E-state index is -1.25. The Kier molecular flexibility index (Phi) is 4.38. The second-order valence-electron chi connectivity index (χ2n) is 5.92. The zero-order chi connectivity index (χ0) is 12.2. The average molecular weight is 244 g/mol. The molecule has 94 valence electrons. The maximum Gasteiger partial charge on any atom is 0.407 e. The molecule has 1 fully saturated rings. The maximum atomic E-state index is 11.5. The summed E-state index contributed by atoms with van der Waals surface area (Å²) in [4.78, 5) is 11.5. The Morgan fingerprint density at radius 3 is 2.44 bits per heavy atom. The van der Waals surface area contributed by atoms with Crippen LogP contribution in [-0.4, -0.2) is 39.0 Å². The van der Waals surface area contributed by atoms with Crippen molar-refractivity contribution in [2.45, 2.75) is 45.0 Å². The van der Waals surface area contributed by atoms with E-state index in [4.69, 9.17) is 4.74 Å². The number of amides is 1. The summed E-state index contributed by atoms with van der Waals surface area (Å²) in [6.45, 7) is 10.2. The highest BCUT2D eigenvalue weighted by Crippen LogP contribution is 2.17. The van der Waals surface area contributed by atoms with Gasteiger partial charge in [0, 0.05) is 6.17 Å². The van der Waals surface area contributed by atoms with Crippen molar-refractivity contribution in [3.05, 3.63) is 0 Å². The van der Waals surface area contributed by atoms with E-state index in [1.165, 1.54) is 12.1 Å². The Hall–Kier alpha value is -0.553. The quantitative estimate of drug-likeness (QED) is 0.727. The van der Waals surface area contributed by atoms with Gasteiger partial charge in [0.15, 0.2) is 0 Å². The van der Waals surface area contributed by atoms with Crippen LogP contribution < -0.4 is 10.6 Å². The monoisotopic (exact) mass is 244 g/mol. The predicted molar refractivity (Wildman–Crippen MR) is 68.3 cm³/mol. The third-order valence-corrected chi connectivity index (χ3v) is 6.81. The molecule has 1 aliphatic heterocycles. The molecule has 0 aromatic rings. The van der Waals surface area contributed by atoms with Crippen LogP contribution in [0.2, 0.25) is 18.6 Å². The molecule has 1 saturated heterocycles. The second-order valence-corrected chi connectivity index (χ2v) is 10.9. The van der Waals surface area contributed by atoms with Crippen LogP contribution in [0.3, 0.4) is 0 Å². The van der Waals surface area contributed by atoms with Crippen molar-refractivity contribution in [1.29, 1.82) is 0 Å². The first-order valence-corrected chi connectivity index (χ1v) is 9.11. The molecule has 0 unspecified atom stereocenters. The molecule has 16 heavy (non-hydrogen) atoms. The number of rotatable bonds is 2. The van der Waals surface area contributed by atoms with Crippen LogP contribution in [0.15, 0.2) is 0 Å². The van der Waals surface area contributed by atoms with Crippen molar-refractivity contribution >= 4 is 14.2 Å². The van der Waals surface area contributed by atoms with Crippen molar-refractivity contribution in [2.24, 2.45) is 0 Å². The SMILES string of the molecule is CC(C)(C)OC(=O)NC[Si]1(C)CCNCC1. The number of carbonyl (C=O) groups excluding carboxylic acids is 1. The molecule has 0 saturated carbocycles. The van der Waals surface area contributed by atoms with Gasteiger partial charge in [0.05, 0.1) is 8.07 Å². The van der Waals surface area contributed by atoms with Gasteiger partial charge in [0.2, 0.25) is 0 Å². The van der Waals surface area contributed by atoms with Gasteiger partial charge in [0.1, 0.15) is 5.60 Å².